The molecule has 0 fully saturated rings. The molecule has 0 aliphatic heterocycles. The number of hydrogen-bond donors (Lipinski definition) is 2. The number of carbonyl (C=O) groups is 1. The molecule has 0 spiro atoms. The minimum Gasteiger partial charge on any atom is -0.478 e. The summed E-state index contributed by atoms with van der Waals surface area (Å²) in [4.78, 5) is 14.9. The molecule has 0 saturated carbocycles. The lowest BCUT2D eigenvalue weighted by atomic mass is 10.2. The average Bonchev–Trinajstić information content (AvgIpc) is 2.73. The number of halogens is 1. The zero-order valence-electron chi connectivity index (χ0n) is 8.68. The van der Waals surface area contributed by atoms with E-state index in [0.717, 1.165) is 10.7 Å². The summed E-state index contributed by atoms with van der Waals surface area (Å²) in [6.07, 6.45) is 1.59. The lowest BCUT2D eigenvalue weighted by Crippen LogP contribution is -2.01. The largest absolute Gasteiger partial charge is 0.478 e. The second kappa shape index (κ2) is 5.16. The topological polar surface area (TPSA) is 62.2 Å². The third-order valence-corrected chi connectivity index (χ3v) is 3.19. The molecule has 0 radical (unpaired) electrons. The van der Waals surface area contributed by atoms with Crippen LogP contribution in [0.4, 0.5) is 5.69 Å². The van der Waals surface area contributed by atoms with Gasteiger partial charge in [-0.1, -0.05) is 17.7 Å². The molecule has 2 aromatic rings. The van der Waals surface area contributed by atoms with Crippen LogP contribution in [0.25, 0.3) is 0 Å². The molecule has 1 aromatic carbocycles. The zero-order valence-corrected chi connectivity index (χ0v) is 10.3. The quantitative estimate of drug-likeness (QED) is 0.894. The molecule has 0 aliphatic carbocycles. The number of carboxylic acid groups (broad SMARTS) is 1. The fraction of sp³-hybridized carbons (Fsp3) is 0.0909. The Morgan fingerprint density at radius 3 is 3.00 bits per heavy atom. The van der Waals surface area contributed by atoms with Crippen molar-refractivity contribution < 1.29 is 9.90 Å². The van der Waals surface area contributed by atoms with Crippen molar-refractivity contribution in [2.24, 2.45) is 0 Å². The van der Waals surface area contributed by atoms with Crippen LogP contribution in [0.1, 0.15) is 15.4 Å². The van der Waals surface area contributed by atoms with E-state index in [4.69, 9.17) is 16.7 Å². The Hall–Kier alpha value is -1.59. The Morgan fingerprint density at radius 1 is 1.53 bits per heavy atom. The van der Waals surface area contributed by atoms with Crippen molar-refractivity contribution in [3.63, 3.8) is 0 Å². The normalized spacial score (nSPS) is 10.2. The number of rotatable bonds is 4. The van der Waals surface area contributed by atoms with Crippen molar-refractivity contribution >= 4 is 34.6 Å². The van der Waals surface area contributed by atoms with Gasteiger partial charge in [-0.05, 0) is 18.2 Å². The zero-order chi connectivity index (χ0) is 12.3. The molecule has 0 saturated heterocycles. The highest BCUT2D eigenvalue weighted by molar-refractivity contribution is 7.15. The summed E-state index contributed by atoms with van der Waals surface area (Å²) in [6, 6.07) is 6.63. The predicted octanol–water partition coefficient (Wildman–Crippen LogP) is 3.11. The summed E-state index contributed by atoms with van der Waals surface area (Å²) in [5.41, 5.74) is 1.00. The lowest BCUT2D eigenvalue weighted by Gasteiger charge is -2.04. The van der Waals surface area contributed by atoms with Gasteiger partial charge in [0.25, 0.3) is 0 Å². The molecule has 2 N–H and O–H groups in total. The van der Waals surface area contributed by atoms with Crippen molar-refractivity contribution in [1.82, 2.24) is 4.98 Å². The Bertz CT molecular complexity index is 542. The van der Waals surface area contributed by atoms with E-state index in [1.807, 2.05) is 6.07 Å². The van der Waals surface area contributed by atoms with E-state index in [-0.39, 0.29) is 5.56 Å². The summed E-state index contributed by atoms with van der Waals surface area (Å²) in [5, 5.41) is 12.8. The molecule has 2 rings (SSSR count). The summed E-state index contributed by atoms with van der Waals surface area (Å²) in [7, 11) is 0. The van der Waals surface area contributed by atoms with E-state index in [2.05, 4.69) is 10.3 Å². The summed E-state index contributed by atoms with van der Waals surface area (Å²) in [5.74, 6) is -0.939. The van der Waals surface area contributed by atoms with E-state index in [1.165, 1.54) is 11.3 Å². The number of anilines is 1. The van der Waals surface area contributed by atoms with Gasteiger partial charge in [0, 0.05) is 5.69 Å². The van der Waals surface area contributed by atoms with Gasteiger partial charge in [-0.25, -0.2) is 9.78 Å². The Balaban J connectivity index is 2.04. The Kier molecular flexibility index (Phi) is 3.61. The smallest absolute Gasteiger partial charge is 0.335 e. The number of carboxylic acids is 1. The predicted molar refractivity (Wildman–Crippen MR) is 67.9 cm³/mol. The standard InChI is InChI=1S/C11H9ClN2O2S/c12-9-5-14-10(17-9)6-13-8-3-1-2-7(4-8)11(15)16/h1-5,13H,6H2,(H,15,16). The lowest BCUT2D eigenvalue weighted by molar-refractivity contribution is 0.0697. The fourth-order valence-corrected chi connectivity index (χ4v) is 2.21. The van der Waals surface area contributed by atoms with E-state index >= 15 is 0 Å². The van der Waals surface area contributed by atoms with E-state index in [1.54, 1.807) is 24.4 Å². The van der Waals surface area contributed by atoms with Crippen LogP contribution >= 0.6 is 22.9 Å². The van der Waals surface area contributed by atoms with Gasteiger partial charge >= 0.3 is 5.97 Å². The summed E-state index contributed by atoms with van der Waals surface area (Å²) >= 11 is 7.15. The molecule has 17 heavy (non-hydrogen) atoms. The van der Waals surface area contributed by atoms with Crippen LogP contribution < -0.4 is 5.32 Å². The van der Waals surface area contributed by atoms with Crippen molar-refractivity contribution in [3.8, 4) is 0 Å². The van der Waals surface area contributed by atoms with Gasteiger partial charge in [0.2, 0.25) is 0 Å². The van der Waals surface area contributed by atoms with Crippen molar-refractivity contribution in [3.05, 3.63) is 45.4 Å². The first-order valence-corrected chi connectivity index (χ1v) is 6.02. The molecular weight excluding hydrogens is 260 g/mol. The van der Waals surface area contributed by atoms with Gasteiger partial charge in [0.1, 0.15) is 9.34 Å². The number of thiazole rings is 1. The maximum Gasteiger partial charge on any atom is 0.335 e. The molecule has 0 unspecified atom stereocenters. The highest BCUT2D eigenvalue weighted by Crippen LogP contribution is 2.19. The van der Waals surface area contributed by atoms with E-state index in [0.29, 0.717) is 10.9 Å². The third-order valence-electron chi connectivity index (χ3n) is 2.08. The highest BCUT2D eigenvalue weighted by atomic mass is 35.5. The van der Waals surface area contributed by atoms with Crippen LogP contribution in [0.2, 0.25) is 4.34 Å². The number of nitrogens with zero attached hydrogens (tertiary/aromatic N) is 1. The van der Waals surface area contributed by atoms with Crippen LogP contribution in [0.5, 0.6) is 0 Å². The maximum atomic E-state index is 10.8. The molecule has 6 heteroatoms. The third kappa shape index (κ3) is 3.18. The number of hydrogen-bond acceptors (Lipinski definition) is 4. The summed E-state index contributed by atoms with van der Waals surface area (Å²) in [6.45, 7) is 0.528. The molecule has 4 nitrogen and oxygen atoms in total. The molecule has 0 bridgehead atoms. The molecule has 0 aliphatic rings. The maximum absolute atomic E-state index is 10.8. The van der Waals surface area contributed by atoms with E-state index in [9.17, 15) is 4.79 Å². The van der Waals surface area contributed by atoms with Crippen molar-refractivity contribution in [2.75, 3.05) is 5.32 Å². The second-order valence-electron chi connectivity index (χ2n) is 3.30. The Morgan fingerprint density at radius 2 is 2.35 bits per heavy atom. The number of benzene rings is 1. The average molecular weight is 269 g/mol. The molecule has 88 valence electrons. The second-order valence-corrected chi connectivity index (χ2v) is 5.04. The number of aromatic carboxylic acids is 1. The minimum atomic E-state index is -0.939. The van der Waals surface area contributed by atoms with Gasteiger partial charge in [-0.3, -0.25) is 0 Å². The van der Waals surface area contributed by atoms with Gasteiger partial charge in [0.15, 0.2) is 0 Å². The molecule has 1 heterocycles. The van der Waals surface area contributed by atoms with Gasteiger partial charge in [-0.15, -0.1) is 11.3 Å². The van der Waals surface area contributed by atoms with Gasteiger partial charge in [-0.2, -0.15) is 0 Å². The monoisotopic (exact) mass is 268 g/mol. The van der Waals surface area contributed by atoms with Crippen LogP contribution in [-0.4, -0.2) is 16.1 Å². The molecule has 0 atom stereocenters. The molecule has 1 aromatic heterocycles. The highest BCUT2D eigenvalue weighted by Gasteiger charge is 2.04. The first kappa shape index (κ1) is 11.9. The molecule has 0 amide bonds. The Labute approximate surface area is 107 Å². The van der Waals surface area contributed by atoms with Crippen LogP contribution in [0.3, 0.4) is 0 Å². The van der Waals surface area contributed by atoms with Crippen LogP contribution in [-0.2, 0) is 6.54 Å². The fourth-order valence-electron chi connectivity index (χ4n) is 1.31. The number of aromatic nitrogens is 1. The van der Waals surface area contributed by atoms with E-state index < -0.39 is 5.97 Å². The van der Waals surface area contributed by atoms with Crippen LogP contribution in [0.15, 0.2) is 30.5 Å². The van der Waals surface area contributed by atoms with Crippen molar-refractivity contribution in [2.45, 2.75) is 6.54 Å². The molecular formula is C11H9ClN2O2S. The van der Waals surface area contributed by atoms with Gasteiger partial charge < -0.3 is 10.4 Å². The van der Waals surface area contributed by atoms with Crippen molar-refractivity contribution in [1.29, 1.82) is 0 Å². The minimum absolute atomic E-state index is 0.257. The first-order valence-electron chi connectivity index (χ1n) is 4.82. The first-order chi connectivity index (χ1) is 8.15. The van der Waals surface area contributed by atoms with Crippen LogP contribution in [0, 0.1) is 0 Å². The summed E-state index contributed by atoms with van der Waals surface area (Å²) < 4.78 is 0.640. The van der Waals surface area contributed by atoms with Gasteiger partial charge in [0.05, 0.1) is 18.3 Å². The SMILES string of the molecule is O=C(O)c1cccc(NCc2ncc(Cl)s2)c1. The number of nitrogens with one attached hydrogen (secondary N) is 1.